The van der Waals surface area contributed by atoms with Gasteiger partial charge in [-0.1, -0.05) is 30.6 Å². The van der Waals surface area contributed by atoms with Crippen LogP contribution in [0.3, 0.4) is 0 Å². The molecule has 0 aliphatic carbocycles. The minimum Gasteiger partial charge on any atom is -0.508 e. The van der Waals surface area contributed by atoms with E-state index in [9.17, 15) is 5.11 Å². The average Bonchev–Trinajstić information content (AvgIpc) is 2.99. The number of benzene rings is 1. The Morgan fingerprint density at radius 2 is 2.14 bits per heavy atom. The topological polar surface area (TPSA) is 71.2 Å². The van der Waals surface area contributed by atoms with Crippen LogP contribution in [0.5, 0.6) is 5.75 Å². The summed E-state index contributed by atoms with van der Waals surface area (Å²) >= 11 is 0. The van der Waals surface area contributed by atoms with Gasteiger partial charge in [0.15, 0.2) is 0 Å². The molecule has 1 aromatic heterocycles. The zero-order chi connectivity index (χ0) is 14.7. The van der Waals surface area contributed by atoms with Gasteiger partial charge in [-0.15, -0.1) is 0 Å². The Morgan fingerprint density at radius 1 is 1.33 bits per heavy atom. The van der Waals surface area contributed by atoms with E-state index in [1.807, 2.05) is 6.07 Å². The van der Waals surface area contributed by atoms with E-state index in [-0.39, 0.29) is 11.2 Å². The van der Waals surface area contributed by atoms with Crippen LogP contribution in [0.2, 0.25) is 0 Å². The van der Waals surface area contributed by atoms with Crippen molar-refractivity contribution in [2.45, 2.75) is 38.0 Å². The van der Waals surface area contributed by atoms with E-state index in [1.54, 1.807) is 18.2 Å². The van der Waals surface area contributed by atoms with Gasteiger partial charge in [0.05, 0.1) is 5.41 Å². The number of aromatic nitrogens is 2. The molecule has 5 nitrogen and oxygen atoms in total. The molecule has 0 amide bonds. The monoisotopic (exact) mass is 287 g/mol. The molecule has 0 saturated carbocycles. The van der Waals surface area contributed by atoms with E-state index in [1.165, 1.54) is 0 Å². The van der Waals surface area contributed by atoms with Crippen LogP contribution in [0.25, 0.3) is 11.4 Å². The third kappa shape index (κ3) is 2.78. The zero-order valence-electron chi connectivity index (χ0n) is 12.3. The number of nitrogens with one attached hydrogen (secondary N) is 1. The molecule has 2 N–H and O–H groups in total. The van der Waals surface area contributed by atoms with Crippen molar-refractivity contribution in [3.63, 3.8) is 0 Å². The fraction of sp³-hybridized carbons (Fsp3) is 0.500. The van der Waals surface area contributed by atoms with Crippen molar-refractivity contribution in [3.05, 3.63) is 30.2 Å². The maximum Gasteiger partial charge on any atom is 0.233 e. The maximum atomic E-state index is 9.57. The number of aromatic hydroxyl groups is 1. The first kappa shape index (κ1) is 14.1. The lowest BCUT2D eigenvalue weighted by molar-refractivity contribution is 0.208. The second kappa shape index (κ2) is 5.85. The molecule has 21 heavy (non-hydrogen) atoms. The SMILES string of the molecule is CCCC1(c2nc(-c3cccc(O)c3)no2)CCNCC1. The third-order valence-electron chi connectivity index (χ3n) is 4.27. The minimum atomic E-state index is 0.00206. The molecule has 1 fully saturated rings. The Kier molecular flexibility index (Phi) is 3.92. The zero-order valence-corrected chi connectivity index (χ0v) is 12.3. The van der Waals surface area contributed by atoms with E-state index >= 15 is 0 Å². The fourth-order valence-corrected chi connectivity index (χ4v) is 3.16. The first-order valence-electron chi connectivity index (χ1n) is 7.58. The summed E-state index contributed by atoms with van der Waals surface area (Å²) in [4.78, 5) is 4.62. The maximum absolute atomic E-state index is 9.57. The molecule has 1 aliphatic rings. The number of phenols is 1. The molecule has 1 saturated heterocycles. The average molecular weight is 287 g/mol. The van der Waals surface area contributed by atoms with Crippen molar-refractivity contribution in [2.24, 2.45) is 0 Å². The van der Waals surface area contributed by atoms with Crippen LogP contribution in [-0.2, 0) is 5.41 Å². The van der Waals surface area contributed by atoms with Crippen molar-refractivity contribution in [3.8, 4) is 17.1 Å². The Bertz CT molecular complexity index is 598. The normalized spacial score (nSPS) is 17.8. The van der Waals surface area contributed by atoms with Gasteiger partial charge in [0.25, 0.3) is 0 Å². The smallest absolute Gasteiger partial charge is 0.233 e. The molecule has 0 bridgehead atoms. The van der Waals surface area contributed by atoms with Crippen LogP contribution in [0, 0.1) is 0 Å². The van der Waals surface area contributed by atoms with Crippen molar-refractivity contribution in [1.29, 1.82) is 0 Å². The molecule has 112 valence electrons. The molecule has 1 aliphatic heterocycles. The van der Waals surface area contributed by atoms with E-state index in [2.05, 4.69) is 22.4 Å². The largest absolute Gasteiger partial charge is 0.508 e. The van der Waals surface area contributed by atoms with E-state index in [4.69, 9.17) is 4.52 Å². The molecular formula is C16H21N3O2. The van der Waals surface area contributed by atoms with Gasteiger partial charge in [-0.05, 0) is 44.5 Å². The molecule has 0 unspecified atom stereocenters. The summed E-state index contributed by atoms with van der Waals surface area (Å²) in [5.41, 5.74) is 0.785. The van der Waals surface area contributed by atoms with Crippen molar-refractivity contribution < 1.29 is 9.63 Å². The molecule has 1 aromatic carbocycles. The van der Waals surface area contributed by atoms with E-state index in [0.29, 0.717) is 5.82 Å². The molecule has 3 rings (SSSR count). The molecule has 0 radical (unpaired) electrons. The number of rotatable bonds is 4. The van der Waals surface area contributed by atoms with Gasteiger partial charge >= 0.3 is 0 Å². The molecular weight excluding hydrogens is 266 g/mol. The highest BCUT2D eigenvalue weighted by atomic mass is 16.5. The van der Waals surface area contributed by atoms with Gasteiger partial charge < -0.3 is 14.9 Å². The van der Waals surface area contributed by atoms with Gasteiger partial charge in [-0.3, -0.25) is 0 Å². The quantitative estimate of drug-likeness (QED) is 0.904. The highest BCUT2D eigenvalue weighted by molar-refractivity contribution is 5.56. The van der Waals surface area contributed by atoms with Crippen molar-refractivity contribution in [2.75, 3.05) is 13.1 Å². The number of nitrogens with zero attached hydrogens (tertiary/aromatic N) is 2. The Morgan fingerprint density at radius 3 is 2.86 bits per heavy atom. The summed E-state index contributed by atoms with van der Waals surface area (Å²) < 4.78 is 5.58. The minimum absolute atomic E-state index is 0.00206. The Balaban J connectivity index is 1.92. The van der Waals surface area contributed by atoms with Crippen LogP contribution in [0.1, 0.15) is 38.5 Å². The van der Waals surface area contributed by atoms with Crippen LogP contribution >= 0.6 is 0 Å². The summed E-state index contributed by atoms with van der Waals surface area (Å²) in [7, 11) is 0. The number of hydrogen-bond donors (Lipinski definition) is 2. The van der Waals surface area contributed by atoms with Gasteiger partial charge in [0.2, 0.25) is 11.7 Å². The number of piperidine rings is 1. The predicted molar refractivity (Wildman–Crippen MR) is 80.1 cm³/mol. The molecule has 5 heteroatoms. The van der Waals surface area contributed by atoms with Gasteiger partial charge in [0.1, 0.15) is 5.75 Å². The molecule has 2 heterocycles. The number of phenolic OH excluding ortho intramolecular Hbond substituents is 1. The van der Waals surface area contributed by atoms with E-state index in [0.717, 1.165) is 50.2 Å². The second-order valence-corrected chi connectivity index (χ2v) is 5.75. The summed E-state index contributed by atoms with van der Waals surface area (Å²) in [6.45, 7) is 4.17. The van der Waals surface area contributed by atoms with Crippen LogP contribution in [0.15, 0.2) is 28.8 Å². The Hall–Kier alpha value is -1.88. The third-order valence-corrected chi connectivity index (χ3v) is 4.27. The van der Waals surface area contributed by atoms with Gasteiger partial charge in [-0.25, -0.2) is 0 Å². The van der Waals surface area contributed by atoms with Gasteiger partial charge in [-0.2, -0.15) is 4.98 Å². The first-order chi connectivity index (χ1) is 10.2. The number of hydrogen-bond acceptors (Lipinski definition) is 5. The summed E-state index contributed by atoms with van der Waals surface area (Å²) in [5.74, 6) is 1.50. The van der Waals surface area contributed by atoms with E-state index < -0.39 is 0 Å². The van der Waals surface area contributed by atoms with Crippen molar-refractivity contribution >= 4 is 0 Å². The second-order valence-electron chi connectivity index (χ2n) is 5.75. The Labute approximate surface area is 124 Å². The molecule has 2 aromatic rings. The summed E-state index contributed by atoms with van der Waals surface area (Å²) in [5, 5.41) is 17.1. The molecule has 0 atom stereocenters. The highest BCUT2D eigenvalue weighted by Crippen LogP contribution is 2.37. The highest BCUT2D eigenvalue weighted by Gasteiger charge is 2.38. The van der Waals surface area contributed by atoms with Crippen LogP contribution in [0.4, 0.5) is 0 Å². The first-order valence-corrected chi connectivity index (χ1v) is 7.58. The summed E-state index contributed by atoms with van der Waals surface area (Å²) in [6, 6.07) is 6.95. The summed E-state index contributed by atoms with van der Waals surface area (Å²) in [6.07, 6.45) is 4.23. The van der Waals surface area contributed by atoms with Gasteiger partial charge in [0, 0.05) is 5.56 Å². The van der Waals surface area contributed by atoms with Crippen LogP contribution in [-0.4, -0.2) is 28.3 Å². The lowest BCUT2D eigenvalue weighted by Crippen LogP contribution is -2.40. The predicted octanol–water partition coefficient (Wildman–Crippen LogP) is 2.86. The molecule has 0 spiro atoms. The lowest BCUT2D eigenvalue weighted by atomic mass is 9.75. The fourth-order valence-electron chi connectivity index (χ4n) is 3.16. The van der Waals surface area contributed by atoms with Crippen molar-refractivity contribution in [1.82, 2.24) is 15.5 Å². The lowest BCUT2D eigenvalue weighted by Gasteiger charge is -2.34. The van der Waals surface area contributed by atoms with Crippen LogP contribution < -0.4 is 5.32 Å². The standard InChI is InChI=1S/C16H21N3O2/c1-2-6-16(7-9-17-10-8-16)15-18-14(19-21-15)12-4-3-5-13(20)11-12/h3-5,11,17,20H,2,6-10H2,1H3.